The number of hydrogen-bond donors (Lipinski definition) is 1. The molecule has 0 saturated heterocycles. The van der Waals surface area contributed by atoms with Gasteiger partial charge in [0.05, 0.1) is 7.11 Å². The van der Waals surface area contributed by atoms with Crippen molar-refractivity contribution in [1.29, 1.82) is 0 Å². The number of amides is 1. The molecule has 0 bridgehead atoms. The molecule has 3 aromatic rings. The largest absolute Gasteiger partial charge is 0.497 e. The van der Waals surface area contributed by atoms with Crippen LogP contribution >= 0.6 is 0 Å². The lowest BCUT2D eigenvalue weighted by atomic mass is 10.0. The first-order valence-corrected chi connectivity index (χ1v) is 8.20. The molecule has 1 amide bonds. The van der Waals surface area contributed by atoms with Crippen LogP contribution in [0.4, 0.5) is 5.69 Å². The van der Waals surface area contributed by atoms with Gasteiger partial charge in [-0.3, -0.25) is 4.79 Å². The quantitative estimate of drug-likeness (QED) is 0.674. The van der Waals surface area contributed by atoms with Crippen LogP contribution in [0.5, 0.6) is 5.75 Å². The molecule has 0 aliphatic rings. The molecule has 0 aliphatic heterocycles. The van der Waals surface area contributed by atoms with Crippen LogP contribution in [-0.4, -0.2) is 13.0 Å². The van der Waals surface area contributed by atoms with Crippen LogP contribution in [-0.2, 0) is 4.79 Å². The third kappa shape index (κ3) is 3.72. The van der Waals surface area contributed by atoms with Crippen molar-refractivity contribution in [3.8, 4) is 5.75 Å². The van der Waals surface area contributed by atoms with E-state index in [-0.39, 0.29) is 5.91 Å². The maximum absolute atomic E-state index is 12.4. The number of methoxy groups -OCH3 is 1. The number of ether oxygens (including phenoxy) is 1. The molecule has 3 heteroatoms. The summed E-state index contributed by atoms with van der Waals surface area (Å²) >= 11 is 0. The lowest BCUT2D eigenvalue weighted by molar-refractivity contribution is -0.111. The minimum atomic E-state index is -0.147. The highest BCUT2D eigenvalue weighted by atomic mass is 16.5. The Labute approximate surface area is 147 Å². The van der Waals surface area contributed by atoms with Crippen molar-refractivity contribution in [3.05, 3.63) is 77.4 Å². The molecule has 0 aromatic heterocycles. The monoisotopic (exact) mass is 331 g/mol. The molecular formula is C22H21NO2. The second-order valence-corrected chi connectivity index (χ2v) is 6.02. The molecule has 0 fully saturated rings. The van der Waals surface area contributed by atoms with Crippen LogP contribution in [0.2, 0.25) is 0 Å². The fourth-order valence-corrected chi connectivity index (χ4v) is 2.98. The van der Waals surface area contributed by atoms with Crippen molar-refractivity contribution in [2.24, 2.45) is 0 Å². The lowest BCUT2D eigenvalue weighted by Gasteiger charge is -2.09. The lowest BCUT2D eigenvalue weighted by Crippen LogP contribution is -2.08. The number of rotatable bonds is 4. The van der Waals surface area contributed by atoms with E-state index in [0.717, 1.165) is 38.9 Å². The molecule has 0 heterocycles. The van der Waals surface area contributed by atoms with Gasteiger partial charge in [0.1, 0.15) is 5.75 Å². The highest BCUT2D eigenvalue weighted by Gasteiger charge is 2.05. The van der Waals surface area contributed by atoms with Gasteiger partial charge in [0.15, 0.2) is 0 Å². The van der Waals surface area contributed by atoms with Gasteiger partial charge >= 0.3 is 0 Å². The maximum Gasteiger partial charge on any atom is 0.248 e. The third-order valence-corrected chi connectivity index (χ3v) is 4.25. The van der Waals surface area contributed by atoms with Crippen LogP contribution in [0.3, 0.4) is 0 Å². The molecule has 3 aromatic carbocycles. The van der Waals surface area contributed by atoms with Gasteiger partial charge < -0.3 is 10.1 Å². The van der Waals surface area contributed by atoms with E-state index < -0.39 is 0 Å². The summed E-state index contributed by atoms with van der Waals surface area (Å²) in [4.78, 5) is 12.4. The second kappa shape index (κ2) is 7.22. The molecule has 0 radical (unpaired) electrons. The summed E-state index contributed by atoms with van der Waals surface area (Å²) in [7, 11) is 1.65. The number of carbonyl (C=O) groups is 1. The molecule has 0 atom stereocenters. The first kappa shape index (κ1) is 16.8. The average molecular weight is 331 g/mol. The second-order valence-electron chi connectivity index (χ2n) is 6.02. The zero-order valence-electron chi connectivity index (χ0n) is 14.7. The number of fused-ring (bicyclic) bond motifs is 1. The number of hydrogen-bond acceptors (Lipinski definition) is 2. The van der Waals surface area contributed by atoms with Gasteiger partial charge in [0.2, 0.25) is 5.91 Å². The Bertz CT molecular complexity index is 929. The van der Waals surface area contributed by atoms with E-state index in [1.54, 1.807) is 13.2 Å². The summed E-state index contributed by atoms with van der Waals surface area (Å²) in [5.74, 6) is 0.679. The van der Waals surface area contributed by atoms with Gasteiger partial charge in [0.25, 0.3) is 0 Å². The number of carbonyl (C=O) groups excluding carboxylic acids is 1. The van der Waals surface area contributed by atoms with Crippen molar-refractivity contribution in [3.63, 3.8) is 0 Å². The topological polar surface area (TPSA) is 38.3 Å². The standard InChI is InChI=1S/C22H21NO2/c1-15-13-18(25-3)14-16(2)19(15)11-12-22(24)23-21-10-6-8-17-7-4-5-9-20(17)21/h4-14H,1-3H3,(H,23,24)/b12-11+. The average Bonchev–Trinajstić information content (AvgIpc) is 2.61. The van der Waals surface area contributed by atoms with Crippen molar-refractivity contribution in [2.45, 2.75) is 13.8 Å². The van der Waals surface area contributed by atoms with Crippen molar-refractivity contribution in [1.82, 2.24) is 0 Å². The summed E-state index contributed by atoms with van der Waals surface area (Å²) in [5, 5.41) is 5.10. The Morgan fingerprint density at radius 3 is 2.40 bits per heavy atom. The summed E-state index contributed by atoms with van der Waals surface area (Å²) in [6, 6.07) is 17.8. The smallest absolute Gasteiger partial charge is 0.248 e. The van der Waals surface area contributed by atoms with Gasteiger partial charge in [-0.2, -0.15) is 0 Å². The van der Waals surface area contributed by atoms with E-state index >= 15 is 0 Å². The molecule has 3 nitrogen and oxygen atoms in total. The highest BCUT2D eigenvalue weighted by molar-refractivity contribution is 6.07. The molecule has 126 valence electrons. The van der Waals surface area contributed by atoms with Gasteiger partial charge in [0, 0.05) is 17.1 Å². The van der Waals surface area contributed by atoms with Crippen LogP contribution < -0.4 is 10.1 Å². The number of benzene rings is 3. The highest BCUT2D eigenvalue weighted by Crippen LogP contribution is 2.24. The van der Waals surface area contributed by atoms with E-state index in [2.05, 4.69) is 5.32 Å². The van der Waals surface area contributed by atoms with Crippen LogP contribution in [0, 0.1) is 13.8 Å². The predicted molar refractivity (Wildman–Crippen MR) is 104 cm³/mol. The Balaban J connectivity index is 1.82. The normalized spacial score (nSPS) is 11.0. The summed E-state index contributed by atoms with van der Waals surface area (Å²) in [6.07, 6.45) is 3.42. The fraction of sp³-hybridized carbons (Fsp3) is 0.136. The Hall–Kier alpha value is -3.07. The van der Waals surface area contributed by atoms with E-state index in [9.17, 15) is 4.79 Å². The number of anilines is 1. The predicted octanol–water partition coefficient (Wildman–Crippen LogP) is 5.12. The van der Waals surface area contributed by atoms with E-state index in [1.807, 2.05) is 74.5 Å². The summed E-state index contributed by atoms with van der Waals surface area (Å²) in [6.45, 7) is 4.02. The van der Waals surface area contributed by atoms with E-state index in [1.165, 1.54) is 0 Å². The molecule has 1 N–H and O–H groups in total. The molecule has 0 aliphatic carbocycles. The van der Waals surface area contributed by atoms with E-state index in [0.29, 0.717) is 0 Å². The molecule has 0 unspecified atom stereocenters. The Morgan fingerprint density at radius 2 is 1.68 bits per heavy atom. The zero-order chi connectivity index (χ0) is 17.8. The number of aryl methyl sites for hydroxylation is 2. The van der Waals surface area contributed by atoms with Gasteiger partial charge in [-0.1, -0.05) is 36.4 Å². The van der Waals surface area contributed by atoms with E-state index in [4.69, 9.17) is 4.74 Å². The maximum atomic E-state index is 12.4. The molecular weight excluding hydrogens is 310 g/mol. The van der Waals surface area contributed by atoms with Crippen molar-refractivity contribution < 1.29 is 9.53 Å². The summed E-state index contributed by atoms with van der Waals surface area (Å²) in [5.41, 5.74) is 4.00. The van der Waals surface area contributed by atoms with Gasteiger partial charge in [-0.25, -0.2) is 0 Å². The fourth-order valence-electron chi connectivity index (χ4n) is 2.98. The number of nitrogens with one attached hydrogen (secondary N) is 1. The van der Waals surface area contributed by atoms with Crippen molar-refractivity contribution >= 4 is 28.4 Å². The first-order chi connectivity index (χ1) is 12.1. The van der Waals surface area contributed by atoms with Crippen LogP contribution in [0.25, 0.3) is 16.8 Å². The van der Waals surface area contributed by atoms with Crippen molar-refractivity contribution in [2.75, 3.05) is 12.4 Å². The van der Waals surface area contributed by atoms with Crippen LogP contribution in [0.15, 0.2) is 60.7 Å². The minimum absolute atomic E-state index is 0.147. The van der Waals surface area contributed by atoms with Gasteiger partial charge in [-0.15, -0.1) is 0 Å². The third-order valence-electron chi connectivity index (χ3n) is 4.25. The molecule has 0 spiro atoms. The Kier molecular flexibility index (Phi) is 4.85. The zero-order valence-corrected chi connectivity index (χ0v) is 14.7. The van der Waals surface area contributed by atoms with Crippen LogP contribution in [0.1, 0.15) is 16.7 Å². The van der Waals surface area contributed by atoms with Gasteiger partial charge in [-0.05, 0) is 60.2 Å². The SMILES string of the molecule is COc1cc(C)c(/C=C/C(=O)Nc2cccc3ccccc23)c(C)c1. The molecule has 25 heavy (non-hydrogen) atoms. The Morgan fingerprint density at radius 1 is 1.00 bits per heavy atom. The molecule has 0 saturated carbocycles. The molecule has 3 rings (SSSR count). The first-order valence-electron chi connectivity index (χ1n) is 8.20. The minimum Gasteiger partial charge on any atom is -0.497 e. The summed E-state index contributed by atoms with van der Waals surface area (Å²) < 4.78 is 5.27.